The summed E-state index contributed by atoms with van der Waals surface area (Å²) in [6, 6.07) is 1.63. The lowest BCUT2D eigenvalue weighted by molar-refractivity contribution is 0.282. The molecule has 20 heavy (non-hydrogen) atoms. The third-order valence-electron chi connectivity index (χ3n) is 3.07. The number of thiophene rings is 1. The number of hydrogen-bond donors (Lipinski definition) is 2. The van der Waals surface area contributed by atoms with Crippen molar-refractivity contribution < 1.29 is 8.42 Å². The minimum Gasteiger partial charge on any atom is -0.315 e. The molecule has 116 valence electrons. The lowest BCUT2D eigenvalue weighted by Gasteiger charge is -2.23. The number of nitrogens with one attached hydrogen (secondary N) is 2. The molecule has 1 atom stereocenters. The molecule has 0 aromatic carbocycles. The Kier molecular flexibility index (Phi) is 7.11. The Hall–Kier alpha value is -0.470. The molecule has 0 saturated carbocycles. The van der Waals surface area contributed by atoms with Crippen molar-refractivity contribution in [2.45, 2.75) is 38.3 Å². The predicted octanol–water partition coefficient (Wildman–Crippen LogP) is 1.48. The maximum absolute atomic E-state index is 12.3. The fraction of sp³-hybridized carbons (Fsp3) is 0.692. The summed E-state index contributed by atoms with van der Waals surface area (Å²) in [6.45, 7) is 9.31. The highest BCUT2D eigenvalue weighted by Crippen LogP contribution is 2.19. The smallest absolute Gasteiger partial charge is 0.241 e. The van der Waals surface area contributed by atoms with Crippen LogP contribution in [-0.4, -0.2) is 46.0 Å². The van der Waals surface area contributed by atoms with Crippen LogP contribution in [0.2, 0.25) is 0 Å². The van der Waals surface area contributed by atoms with E-state index < -0.39 is 10.0 Å². The summed E-state index contributed by atoms with van der Waals surface area (Å²) in [5.74, 6) is 0. The Morgan fingerprint density at radius 3 is 2.55 bits per heavy atom. The minimum absolute atomic E-state index is 0.104. The highest BCUT2D eigenvalue weighted by Gasteiger charge is 2.19. The van der Waals surface area contributed by atoms with E-state index in [2.05, 4.69) is 28.8 Å². The van der Waals surface area contributed by atoms with Gasteiger partial charge in [-0.05, 0) is 33.1 Å². The van der Waals surface area contributed by atoms with Crippen LogP contribution in [0, 0.1) is 0 Å². The molecule has 0 radical (unpaired) electrons. The molecule has 1 aromatic heterocycles. The maximum Gasteiger partial charge on any atom is 0.241 e. The van der Waals surface area contributed by atoms with E-state index in [1.807, 2.05) is 14.0 Å². The molecule has 0 aliphatic rings. The molecule has 1 unspecified atom stereocenters. The van der Waals surface area contributed by atoms with Gasteiger partial charge in [0.05, 0.1) is 4.90 Å². The van der Waals surface area contributed by atoms with Gasteiger partial charge in [-0.2, -0.15) is 0 Å². The van der Waals surface area contributed by atoms with Crippen LogP contribution in [0.1, 0.15) is 25.6 Å². The van der Waals surface area contributed by atoms with Crippen molar-refractivity contribution in [2.75, 3.05) is 26.7 Å². The molecule has 0 bridgehead atoms. The second-order valence-corrected chi connectivity index (χ2v) is 7.50. The highest BCUT2D eigenvalue weighted by atomic mass is 32.2. The fourth-order valence-electron chi connectivity index (χ4n) is 2.01. The van der Waals surface area contributed by atoms with Crippen LogP contribution in [0.3, 0.4) is 0 Å². The lowest BCUT2D eigenvalue weighted by atomic mass is 10.3. The molecule has 0 aliphatic carbocycles. The zero-order chi connectivity index (χ0) is 15.2. The molecule has 0 aliphatic heterocycles. The van der Waals surface area contributed by atoms with Crippen LogP contribution in [0.5, 0.6) is 0 Å². The Morgan fingerprint density at radius 2 is 2.00 bits per heavy atom. The van der Waals surface area contributed by atoms with E-state index in [1.54, 1.807) is 11.4 Å². The second-order valence-electron chi connectivity index (χ2n) is 4.79. The number of likely N-dealkylation sites (N-methyl/N-ethyl adjacent to an activating group) is 1. The van der Waals surface area contributed by atoms with Gasteiger partial charge in [-0.1, -0.05) is 13.8 Å². The van der Waals surface area contributed by atoms with Crippen molar-refractivity contribution in [1.82, 2.24) is 14.9 Å². The van der Waals surface area contributed by atoms with Crippen molar-refractivity contribution in [3.63, 3.8) is 0 Å². The predicted molar refractivity (Wildman–Crippen MR) is 84.7 cm³/mol. The Bertz CT molecular complexity index is 495. The topological polar surface area (TPSA) is 61.4 Å². The lowest BCUT2D eigenvalue weighted by Crippen LogP contribution is -2.41. The van der Waals surface area contributed by atoms with Gasteiger partial charge >= 0.3 is 0 Å². The van der Waals surface area contributed by atoms with Gasteiger partial charge < -0.3 is 10.2 Å². The van der Waals surface area contributed by atoms with Crippen LogP contribution in [0.15, 0.2) is 16.3 Å². The van der Waals surface area contributed by atoms with Crippen LogP contribution >= 0.6 is 11.3 Å². The first-order chi connectivity index (χ1) is 9.42. The molecule has 0 saturated heterocycles. The molecule has 0 fully saturated rings. The Balaban J connectivity index is 2.68. The number of hydrogen-bond acceptors (Lipinski definition) is 5. The first-order valence-electron chi connectivity index (χ1n) is 6.89. The summed E-state index contributed by atoms with van der Waals surface area (Å²) in [4.78, 5) is 3.58. The summed E-state index contributed by atoms with van der Waals surface area (Å²) >= 11 is 1.46. The SMILES string of the molecule is CCN(CC)CC(C)NS(=O)(=O)c1csc(CNC)c1. The first kappa shape index (κ1) is 17.6. The third-order valence-corrected chi connectivity index (χ3v) is 5.73. The Morgan fingerprint density at radius 1 is 1.35 bits per heavy atom. The average Bonchev–Trinajstić information content (AvgIpc) is 2.85. The molecule has 1 heterocycles. The Labute approximate surface area is 126 Å². The number of sulfonamides is 1. The summed E-state index contributed by atoms with van der Waals surface area (Å²) in [6.07, 6.45) is 0. The van der Waals surface area contributed by atoms with E-state index >= 15 is 0 Å². The van der Waals surface area contributed by atoms with Gasteiger partial charge in [0.2, 0.25) is 10.0 Å². The van der Waals surface area contributed by atoms with Crippen LogP contribution < -0.4 is 10.0 Å². The minimum atomic E-state index is -3.41. The fourth-order valence-corrected chi connectivity index (χ4v) is 4.53. The first-order valence-corrected chi connectivity index (χ1v) is 9.25. The monoisotopic (exact) mass is 319 g/mol. The molecule has 1 rings (SSSR count). The van der Waals surface area contributed by atoms with Gasteiger partial charge in [-0.15, -0.1) is 11.3 Å². The molecular weight excluding hydrogens is 294 g/mol. The molecule has 5 nitrogen and oxygen atoms in total. The standard InChI is InChI=1S/C13H25N3O2S2/c1-5-16(6-2)9-11(3)15-20(17,18)13-7-12(8-14-4)19-10-13/h7,10-11,14-15H,5-6,8-9H2,1-4H3. The van der Waals surface area contributed by atoms with Crippen molar-refractivity contribution in [3.05, 3.63) is 16.3 Å². The molecule has 7 heteroatoms. The second kappa shape index (κ2) is 8.09. The highest BCUT2D eigenvalue weighted by molar-refractivity contribution is 7.89. The van der Waals surface area contributed by atoms with Crippen molar-refractivity contribution >= 4 is 21.4 Å². The summed E-state index contributed by atoms with van der Waals surface area (Å²) < 4.78 is 27.3. The summed E-state index contributed by atoms with van der Waals surface area (Å²) in [5.41, 5.74) is 0. The van der Waals surface area contributed by atoms with Gasteiger partial charge in [-0.25, -0.2) is 13.1 Å². The molecule has 1 aromatic rings. The van der Waals surface area contributed by atoms with Crippen molar-refractivity contribution in [1.29, 1.82) is 0 Å². The van der Waals surface area contributed by atoms with E-state index in [-0.39, 0.29) is 6.04 Å². The van der Waals surface area contributed by atoms with Gasteiger partial charge in [0.25, 0.3) is 0 Å². The van der Waals surface area contributed by atoms with E-state index in [0.717, 1.165) is 24.5 Å². The van der Waals surface area contributed by atoms with Crippen molar-refractivity contribution in [2.24, 2.45) is 0 Å². The zero-order valence-electron chi connectivity index (χ0n) is 12.6. The van der Waals surface area contributed by atoms with E-state index in [4.69, 9.17) is 0 Å². The average molecular weight is 319 g/mol. The third kappa shape index (κ3) is 5.14. The van der Waals surface area contributed by atoms with Crippen LogP contribution in [0.25, 0.3) is 0 Å². The van der Waals surface area contributed by atoms with Gasteiger partial charge in [0.1, 0.15) is 0 Å². The molecule has 0 amide bonds. The molecule has 0 spiro atoms. The zero-order valence-corrected chi connectivity index (χ0v) is 14.3. The van der Waals surface area contributed by atoms with E-state index in [1.165, 1.54) is 11.3 Å². The normalized spacial score (nSPS) is 13.8. The largest absolute Gasteiger partial charge is 0.315 e. The molecular formula is C13H25N3O2S2. The van der Waals surface area contributed by atoms with Gasteiger partial charge in [0, 0.05) is 29.4 Å². The molecule has 2 N–H and O–H groups in total. The summed E-state index contributed by atoms with van der Waals surface area (Å²) in [5, 5.41) is 4.71. The van der Waals surface area contributed by atoms with Crippen molar-refractivity contribution in [3.8, 4) is 0 Å². The number of rotatable bonds is 9. The quantitative estimate of drug-likeness (QED) is 0.724. The van der Waals surface area contributed by atoms with Crippen LogP contribution in [-0.2, 0) is 16.6 Å². The summed E-state index contributed by atoms with van der Waals surface area (Å²) in [7, 11) is -1.57. The number of nitrogens with zero attached hydrogens (tertiary/aromatic N) is 1. The van der Waals surface area contributed by atoms with E-state index in [0.29, 0.717) is 11.4 Å². The van der Waals surface area contributed by atoms with Gasteiger partial charge in [0.15, 0.2) is 0 Å². The van der Waals surface area contributed by atoms with Gasteiger partial charge in [-0.3, -0.25) is 0 Å². The maximum atomic E-state index is 12.3. The van der Waals surface area contributed by atoms with E-state index in [9.17, 15) is 8.42 Å². The van der Waals surface area contributed by atoms with Crippen LogP contribution in [0.4, 0.5) is 0 Å².